The zero-order valence-electron chi connectivity index (χ0n) is 14.1. The second kappa shape index (κ2) is 8.81. The van der Waals surface area contributed by atoms with E-state index in [4.69, 9.17) is 17.0 Å². The molecule has 1 fully saturated rings. The molecule has 0 spiro atoms. The molecule has 0 N–H and O–H groups in total. The number of hydrogen-bond donors (Lipinski definition) is 0. The van der Waals surface area contributed by atoms with Crippen LogP contribution >= 0.6 is 46.6 Å². The van der Waals surface area contributed by atoms with Crippen LogP contribution in [0.25, 0.3) is 6.08 Å². The molecular weight excluding hydrogens is 493 g/mol. The molecule has 0 saturated carbocycles. The summed E-state index contributed by atoms with van der Waals surface area (Å²) in [5, 5.41) is 0. The third-order valence-electron chi connectivity index (χ3n) is 3.67. The summed E-state index contributed by atoms with van der Waals surface area (Å²) in [5.41, 5.74) is 1.34. The molecule has 2 aromatic rings. The van der Waals surface area contributed by atoms with Gasteiger partial charge in [-0.25, -0.2) is 4.79 Å². The summed E-state index contributed by atoms with van der Waals surface area (Å²) in [5.74, 6) is -0.0897. The van der Waals surface area contributed by atoms with E-state index < -0.39 is 5.97 Å². The highest BCUT2D eigenvalue weighted by Gasteiger charge is 2.30. The minimum Gasteiger partial charge on any atom is -0.423 e. The monoisotopic (exact) mass is 507 g/mol. The smallest absolute Gasteiger partial charge is 0.344 e. The van der Waals surface area contributed by atoms with Crippen LogP contribution in [-0.4, -0.2) is 27.6 Å². The number of thioether (sulfide) groups is 1. The lowest BCUT2D eigenvalue weighted by atomic mass is 10.2. The van der Waals surface area contributed by atoms with Crippen LogP contribution in [0.15, 0.2) is 66.1 Å². The molecule has 0 unspecified atom stereocenters. The lowest BCUT2D eigenvalue weighted by Gasteiger charge is -2.10. The van der Waals surface area contributed by atoms with Crippen LogP contribution in [0.5, 0.6) is 5.75 Å². The van der Waals surface area contributed by atoms with Crippen LogP contribution in [0.4, 0.5) is 0 Å². The maximum atomic E-state index is 12.3. The molecule has 1 aliphatic heterocycles. The molecule has 1 aliphatic rings. The summed E-state index contributed by atoms with van der Waals surface area (Å²) in [7, 11) is 0. The van der Waals surface area contributed by atoms with Crippen molar-refractivity contribution in [2.45, 2.75) is 0 Å². The molecule has 0 aliphatic carbocycles. The molecule has 0 aromatic heterocycles. The Balaban J connectivity index is 1.72. The molecule has 4 nitrogen and oxygen atoms in total. The average Bonchev–Trinajstić information content (AvgIpc) is 2.91. The first kappa shape index (κ1) is 19.8. The number of ether oxygens (including phenoxy) is 1. The maximum absolute atomic E-state index is 12.3. The number of hydrogen-bond acceptors (Lipinski definition) is 5. The predicted octanol–water partition coefficient (Wildman–Crippen LogP) is 4.90. The van der Waals surface area contributed by atoms with E-state index in [2.05, 4.69) is 29.2 Å². The molecule has 0 atom stereocenters. The number of carbonyl (C=O) groups excluding carboxylic acids is 2. The van der Waals surface area contributed by atoms with Gasteiger partial charge in [-0.1, -0.05) is 54.3 Å². The second-order valence-electron chi connectivity index (χ2n) is 5.52. The van der Waals surface area contributed by atoms with Crippen LogP contribution in [0, 0.1) is 3.57 Å². The second-order valence-corrected chi connectivity index (χ2v) is 8.36. The highest BCUT2D eigenvalue weighted by atomic mass is 127. The van der Waals surface area contributed by atoms with E-state index in [-0.39, 0.29) is 5.91 Å². The molecule has 1 heterocycles. The lowest BCUT2D eigenvalue weighted by molar-refractivity contribution is -0.121. The quantitative estimate of drug-likeness (QED) is 0.144. The Morgan fingerprint density at radius 3 is 2.59 bits per heavy atom. The van der Waals surface area contributed by atoms with Gasteiger partial charge in [0.25, 0.3) is 5.91 Å². The summed E-state index contributed by atoms with van der Waals surface area (Å²) < 4.78 is 6.77. The Bertz CT molecular complexity index is 954. The number of thiocarbonyl (C=S) groups is 1. The number of halogens is 1. The Labute approximate surface area is 180 Å². The molecule has 1 saturated heterocycles. The molecular formula is C20H14INO3S2. The first-order valence-electron chi connectivity index (χ1n) is 7.92. The number of nitrogens with zero attached hydrogens (tertiary/aromatic N) is 1. The fourth-order valence-corrected chi connectivity index (χ4v) is 4.24. The summed E-state index contributed by atoms with van der Waals surface area (Å²) >= 11 is 8.59. The van der Waals surface area contributed by atoms with Crippen molar-refractivity contribution in [3.05, 3.63) is 80.8 Å². The highest BCUT2D eigenvalue weighted by Crippen LogP contribution is 2.32. The molecule has 3 rings (SSSR count). The first-order chi connectivity index (χ1) is 13.0. The Hall–Kier alpha value is -1.97. The van der Waals surface area contributed by atoms with Gasteiger partial charge in [0.1, 0.15) is 10.1 Å². The van der Waals surface area contributed by atoms with Crippen LogP contribution in [0.3, 0.4) is 0 Å². The maximum Gasteiger partial charge on any atom is 0.344 e. The first-order valence-corrected chi connectivity index (χ1v) is 10.2. The highest BCUT2D eigenvalue weighted by molar-refractivity contribution is 14.1. The van der Waals surface area contributed by atoms with Gasteiger partial charge in [0.2, 0.25) is 0 Å². The number of carbonyl (C=O) groups is 2. The molecule has 136 valence electrons. The summed E-state index contributed by atoms with van der Waals surface area (Å²) in [6, 6.07) is 14.2. The van der Waals surface area contributed by atoms with E-state index in [0.717, 1.165) is 9.13 Å². The summed E-state index contributed by atoms with van der Waals surface area (Å²) in [6.45, 7) is 4.04. The zero-order valence-corrected chi connectivity index (χ0v) is 17.8. The summed E-state index contributed by atoms with van der Waals surface area (Å²) in [4.78, 5) is 26.7. The standard InChI is InChI=1S/C20H14INO3S2/c1-2-11-22-18(23)17(27-20(22)26)12-13-7-9-14(10-8-13)25-19(24)15-5-3-4-6-16(15)21/h2-10,12H,1,11H2/b17-12-. The molecule has 0 bridgehead atoms. The van der Waals surface area contributed by atoms with Gasteiger partial charge in [0.15, 0.2) is 0 Å². The third-order valence-corrected chi connectivity index (χ3v) is 5.99. The van der Waals surface area contributed by atoms with Crippen molar-refractivity contribution in [2.24, 2.45) is 0 Å². The van der Waals surface area contributed by atoms with Gasteiger partial charge in [-0.05, 0) is 58.5 Å². The van der Waals surface area contributed by atoms with Gasteiger partial charge in [-0.15, -0.1) is 6.58 Å². The zero-order chi connectivity index (χ0) is 19.4. The van der Waals surface area contributed by atoms with Crippen molar-refractivity contribution in [3.8, 4) is 5.75 Å². The fraction of sp³-hybridized carbons (Fsp3) is 0.0500. The predicted molar refractivity (Wildman–Crippen MR) is 121 cm³/mol. The minimum absolute atomic E-state index is 0.126. The largest absolute Gasteiger partial charge is 0.423 e. The molecule has 1 amide bonds. The van der Waals surface area contributed by atoms with Crippen molar-refractivity contribution in [2.75, 3.05) is 6.54 Å². The van der Waals surface area contributed by atoms with E-state index >= 15 is 0 Å². The van der Waals surface area contributed by atoms with Gasteiger partial charge >= 0.3 is 5.97 Å². The third kappa shape index (κ3) is 4.66. The normalized spacial score (nSPS) is 15.3. The van der Waals surface area contributed by atoms with E-state index in [0.29, 0.717) is 27.1 Å². The van der Waals surface area contributed by atoms with Crippen molar-refractivity contribution < 1.29 is 14.3 Å². The van der Waals surface area contributed by atoms with Crippen molar-refractivity contribution in [1.29, 1.82) is 0 Å². The number of benzene rings is 2. The Kier molecular flexibility index (Phi) is 6.46. The SMILES string of the molecule is C=CCN1C(=O)/C(=C/c2ccc(OC(=O)c3ccccc3I)cc2)SC1=S. The van der Waals surface area contributed by atoms with Crippen LogP contribution < -0.4 is 4.74 Å². The Morgan fingerprint density at radius 1 is 1.22 bits per heavy atom. The van der Waals surface area contributed by atoms with Crippen molar-refractivity contribution >= 4 is 68.8 Å². The van der Waals surface area contributed by atoms with Gasteiger partial charge in [-0.3, -0.25) is 9.69 Å². The minimum atomic E-state index is -0.405. The van der Waals surface area contributed by atoms with E-state index in [1.807, 2.05) is 12.1 Å². The molecule has 2 aromatic carbocycles. The Morgan fingerprint density at radius 2 is 1.93 bits per heavy atom. The van der Waals surface area contributed by atoms with E-state index in [9.17, 15) is 9.59 Å². The van der Waals surface area contributed by atoms with Crippen LogP contribution in [0.1, 0.15) is 15.9 Å². The number of esters is 1. The topological polar surface area (TPSA) is 46.6 Å². The van der Waals surface area contributed by atoms with E-state index in [1.54, 1.807) is 48.6 Å². The van der Waals surface area contributed by atoms with Gasteiger partial charge < -0.3 is 4.74 Å². The lowest BCUT2D eigenvalue weighted by Crippen LogP contribution is -2.27. The number of rotatable bonds is 5. The van der Waals surface area contributed by atoms with Crippen LogP contribution in [-0.2, 0) is 4.79 Å². The van der Waals surface area contributed by atoms with E-state index in [1.165, 1.54) is 16.7 Å². The van der Waals surface area contributed by atoms with Crippen LogP contribution in [0.2, 0.25) is 0 Å². The fourth-order valence-electron chi connectivity index (χ4n) is 2.36. The molecule has 7 heteroatoms. The number of amides is 1. The van der Waals surface area contributed by atoms with Gasteiger partial charge in [0, 0.05) is 10.1 Å². The summed E-state index contributed by atoms with van der Waals surface area (Å²) in [6.07, 6.45) is 3.42. The molecule has 0 radical (unpaired) electrons. The van der Waals surface area contributed by atoms with Gasteiger partial charge in [0.05, 0.1) is 10.5 Å². The van der Waals surface area contributed by atoms with Crippen molar-refractivity contribution in [3.63, 3.8) is 0 Å². The van der Waals surface area contributed by atoms with Crippen molar-refractivity contribution in [1.82, 2.24) is 4.90 Å². The molecule has 27 heavy (non-hydrogen) atoms. The van der Waals surface area contributed by atoms with Gasteiger partial charge in [-0.2, -0.15) is 0 Å². The average molecular weight is 507 g/mol.